The van der Waals surface area contributed by atoms with Crippen molar-refractivity contribution in [3.05, 3.63) is 24.3 Å². The molecule has 7 nitrogen and oxygen atoms in total. The van der Waals surface area contributed by atoms with Crippen LogP contribution in [-0.2, 0) is 19.1 Å². The van der Waals surface area contributed by atoms with E-state index < -0.39 is 11.8 Å². The van der Waals surface area contributed by atoms with Gasteiger partial charge in [0.2, 0.25) is 5.91 Å². The summed E-state index contributed by atoms with van der Waals surface area (Å²) in [4.78, 5) is 37.3. The minimum atomic E-state index is -0.724. The van der Waals surface area contributed by atoms with Crippen molar-refractivity contribution in [3.8, 4) is 0 Å². The highest BCUT2D eigenvalue weighted by Crippen LogP contribution is 2.24. The van der Waals surface area contributed by atoms with Gasteiger partial charge in [0, 0.05) is 37.5 Å². The second kappa shape index (κ2) is 7.44. The zero-order valence-corrected chi connectivity index (χ0v) is 13.4. The smallest absolute Gasteiger partial charge is 0.313 e. The number of hydrogen-bond acceptors (Lipinski definition) is 4. The van der Waals surface area contributed by atoms with E-state index in [2.05, 4.69) is 10.6 Å². The van der Waals surface area contributed by atoms with Crippen molar-refractivity contribution >= 4 is 29.1 Å². The van der Waals surface area contributed by atoms with E-state index in [4.69, 9.17) is 4.74 Å². The molecule has 0 aromatic heterocycles. The maximum atomic E-state index is 12.0. The molecular weight excluding hydrogens is 310 g/mol. The molecule has 2 N–H and O–H groups in total. The Morgan fingerprint density at radius 3 is 2.83 bits per heavy atom. The molecule has 2 aliphatic rings. The van der Waals surface area contributed by atoms with Crippen molar-refractivity contribution in [1.29, 1.82) is 0 Å². The van der Waals surface area contributed by atoms with Crippen molar-refractivity contribution in [2.75, 3.05) is 29.9 Å². The Bertz CT molecular complexity index is 640. The van der Waals surface area contributed by atoms with Gasteiger partial charge in [-0.2, -0.15) is 0 Å². The lowest BCUT2D eigenvalue weighted by Crippen LogP contribution is -2.39. The molecule has 0 saturated carbocycles. The highest BCUT2D eigenvalue weighted by Gasteiger charge is 2.22. The van der Waals surface area contributed by atoms with Gasteiger partial charge in [-0.3, -0.25) is 14.4 Å². The molecule has 2 heterocycles. The Morgan fingerprint density at radius 2 is 2.12 bits per heavy atom. The molecule has 7 heteroatoms. The van der Waals surface area contributed by atoms with E-state index in [0.717, 1.165) is 24.9 Å². The lowest BCUT2D eigenvalue weighted by atomic mass is 10.2. The van der Waals surface area contributed by atoms with Crippen LogP contribution in [0.5, 0.6) is 0 Å². The van der Waals surface area contributed by atoms with Crippen LogP contribution in [-0.4, -0.2) is 43.5 Å². The Kier molecular flexibility index (Phi) is 5.10. The number of carbonyl (C=O) groups is 3. The highest BCUT2D eigenvalue weighted by atomic mass is 16.5. The fourth-order valence-electron chi connectivity index (χ4n) is 2.95. The molecule has 1 aromatic carbocycles. The van der Waals surface area contributed by atoms with Crippen LogP contribution in [0, 0.1) is 0 Å². The summed E-state index contributed by atoms with van der Waals surface area (Å²) in [7, 11) is 0. The van der Waals surface area contributed by atoms with Gasteiger partial charge in [0.05, 0.1) is 6.10 Å². The number of nitrogens with zero attached hydrogens (tertiary/aromatic N) is 1. The second-order valence-corrected chi connectivity index (χ2v) is 6.00. The van der Waals surface area contributed by atoms with Crippen molar-refractivity contribution in [2.24, 2.45) is 0 Å². The summed E-state index contributed by atoms with van der Waals surface area (Å²) >= 11 is 0. The van der Waals surface area contributed by atoms with Gasteiger partial charge >= 0.3 is 11.8 Å². The number of benzene rings is 1. The molecule has 0 bridgehead atoms. The van der Waals surface area contributed by atoms with Crippen LogP contribution in [0.15, 0.2) is 24.3 Å². The normalized spacial score (nSPS) is 20.2. The van der Waals surface area contributed by atoms with E-state index in [-0.39, 0.29) is 12.0 Å². The molecule has 128 valence electrons. The summed E-state index contributed by atoms with van der Waals surface area (Å²) in [6.07, 6.45) is 3.25. The van der Waals surface area contributed by atoms with Crippen LogP contribution in [0.4, 0.5) is 11.4 Å². The number of anilines is 2. The Morgan fingerprint density at radius 1 is 1.25 bits per heavy atom. The minimum absolute atomic E-state index is 0.00810. The van der Waals surface area contributed by atoms with E-state index in [0.29, 0.717) is 31.8 Å². The molecule has 3 rings (SSSR count). The number of carbonyl (C=O) groups excluding carboxylic acids is 3. The van der Waals surface area contributed by atoms with E-state index in [1.807, 2.05) is 6.07 Å². The predicted octanol–water partition coefficient (Wildman–Crippen LogP) is 1.05. The molecule has 3 amide bonds. The number of rotatable bonds is 4. The van der Waals surface area contributed by atoms with Gasteiger partial charge in [-0.15, -0.1) is 0 Å². The quantitative estimate of drug-likeness (QED) is 0.807. The molecule has 0 unspecified atom stereocenters. The molecule has 0 radical (unpaired) electrons. The zero-order valence-electron chi connectivity index (χ0n) is 13.4. The number of amides is 3. The van der Waals surface area contributed by atoms with E-state index in [1.165, 1.54) is 0 Å². The van der Waals surface area contributed by atoms with Crippen molar-refractivity contribution in [1.82, 2.24) is 5.32 Å². The zero-order chi connectivity index (χ0) is 16.9. The summed E-state index contributed by atoms with van der Waals surface area (Å²) < 4.78 is 5.40. The first-order valence-corrected chi connectivity index (χ1v) is 8.25. The number of hydrogen-bond donors (Lipinski definition) is 2. The lowest BCUT2D eigenvalue weighted by molar-refractivity contribution is -0.136. The lowest BCUT2D eigenvalue weighted by Gasteiger charge is -2.16. The van der Waals surface area contributed by atoms with Crippen LogP contribution >= 0.6 is 0 Å². The molecule has 2 aliphatic heterocycles. The van der Waals surface area contributed by atoms with Gasteiger partial charge in [-0.1, -0.05) is 6.07 Å². The van der Waals surface area contributed by atoms with Crippen molar-refractivity contribution in [3.63, 3.8) is 0 Å². The number of ether oxygens (including phenoxy) is 1. The SMILES string of the molecule is O=C(NC[C@@H]1CCCO1)C(=O)Nc1cccc(N2CCCC2=O)c1. The maximum absolute atomic E-state index is 12.0. The summed E-state index contributed by atoms with van der Waals surface area (Å²) in [6, 6.07) is 6.96. The molecular formula is C17H21N3O4. The Hall–Kier alpha value is -2.41. The monoisotopic (exact) mass is 331 g/mol. The molecule has 2 saturated heterocycles. The van der Waals surface area contributed by atoms with E-state index >= 15 is 0 Å². The Labute approximate surface area is 140 Å². The molecule has 2 fully saturated rings. The first-order chi connectivity index (χ1) is 11.6. The standard InChI is InChI=1S/C17H21N3O4/c21-15-7-2-8-20(15)13-5-1-4-12(10-13)19-17(23)16(22)18-11-14-6-3-9-24-14/h1,4-5,10,14H,2-3,6-9,11H2,(H,18,22)(H,19,23)/t14-/m0/s1. The third-order valence-electron chi connectivity index (χ3n) is 4.21. The average Bonchev–Trinajstić information content (AvgIpc) is 3.24. The topological polar surface area (TPSA) is 87.7 Å². The van der Waals surface area contributed by atoms with Crippen LogP contribution in [0.2, 0.25) is 0 Å². The van der Waals surface area contributed by atoms with E-state index in [9.17, 15) is 14.4 Å². The van der Waals surface area contributed by atoms with Crippen molar-refractivity contribution < 1.29 is 19.1 Å². The summed E-state index contributed by atoms with van der Waals surface area (Å²) in [5.74, 6) is -1.33. The van der Waals surface area contributed by atoms with Crippen LogP contribution < -0.4 is 15.5 Å². The number of nitrogens with one attached hydrogen (secondary N) is 2. The van der Waals surface area contributed by atoms with Gasteiger partial charge < -0.3 is 20.3 Å². The molecule has 24 heavy (non-hydrogen) atoms. The second-order valence-electron chi connectivity index (χ2n) is 6.00. The summed E-state index contributed by atoms with van der Waals surface area (Å²) in [5, 5.41) is 5.15. The fourth-order valence-corrected chi connectivity index (χ4v) is 2.95. The fraction of sp³-hybridized carbons (Fsp3) is 0.471. The predicted molar refractivity (Wildman–Crippen MR) is 88.6 cm³/mol. The summed E-state index contributed by atoms with van der Waals surface area (Å²) in [5.41, 5.74) is 1.22. The molecule has 1 atom stereocenters. The van der Waals surface area contributed by atoms with Gasteiger partial charge in [0.1, 0.15) is 0 Å². The minimum Gasteiger partial charge on any atom is -0.376 e. The third-order valence-corrected chi connectivity index (χ3v) is 4.21. The molecule has 0 aliphatic carbocycles. The molecule has 1 aromatic rings. The van der Waals surface area contributed by atoms with Gasteiger partial charge in [0.15, 0.2) is 0 Å². The first-order valence-electron chi connectivity index (χ1n) is 8.25. The van der Waals surface area contributed by atoms with Crippen LogP contribution in [0.3, 0.4) is 0 Å². The summed E-state index contributed by atoms with van der Waals surface area (Å²) in [6.45, 7) is 1.72. The van der Waals surface area contributed by atoms with Crippen LogP contribution in [0.25, 0.3) is 0 Å². The largest absolute Gasteiger partial charge is 0.376 e. The Balaban J connectivity index is 1.55. The molecule has 0 spiro atoms. The van der Waals surface area contributed by atoms with E-state index in [1.54, 1.807) is 23.1 Å². The van der Waals surface area contributed by atoms with Gasteiger partial charge in [0.25, 0.3) is 0 Å². The third kappa shape index (κ3) is 3.91. The van der Waals surface area contributed by atoms with Crippen LogP contribution in [0.1, 0.15) is 25.7 Å². The average molecular weight is 331 g/mol. The maximum Gasteiger partial charge on any atom is 0.313 e. The van der Waals surface area contributed by atoms with Gasteiger partial charge in [-0.05, 0) is 37.5 Å². The van der Waals surface area contributed by atoms with Crippen molar-refractivity contribution in [2.45, 2.75) is 31.8 Å². The highest BCUT2D eigenvalue weighted by molar-refractivity contribution is 6.39. The first kappa shape index (κ1) is 16.4. The van der Waals surface area contributed by atoms with Gasteiger partial charge in [-0.25, -0.2) is 0 Å².